The maximum absolute atomic E-state index is 5.61. The number of rotatable bonds is 2. The molecule has 0 saturated heterocycles. The zero-order chi connectivity index (χ0) is 12.6. The normalized spacial score (nSPS) is 10.9. The van der Waals surface area contributed by atoms with Gasteiger partial charge in [0.15, 0.2) is 0 Å². The summed E-state index contributed by atoms with van der Waals surface area (Å²) in [5.41, 5.74) is 9.81. The van der Waals surface area contributed by atoms with Crippen LogP contribution in [0.3, 0.4) is 0 Å². The van der Waals surface area contributed by atoms with Gasteiger partial charge in [0.25, 0.3) is 0 Å². The molecule has 0 radical (unpaired) electrons. The van der Waals surface area contributed by atoms with Gasteiger partial charge in [-0.05, 0) is 63.4 Å². The summed E-state index contributed by atoms with van der Waals surface area (Å²) in [6, 6.07) is 6.07. The molecule has 2 aromatic rings. The minimum atomic E-state index is 0.541. The van der Waals surface area contributed by atoms with Crippen LogP contribution in [-0.4, -0.2) is 9.78 Å². The Bertz CT molecular complexity index is 561. The molecule has 0 aliphatic rings. The topological polar surface area (TPSA) is 43.8 Å². The summed E-state index contributed by atoms with van der Waals surface area (Å²) in [7, 11) is 0. The number of aromatic nitrogens is 2. The van der Waals surface area contributed by atoms with Crippen molar-refractivity contribution in [2.45, 2.75) is 20.4 Å². The Kier molecular flexibility index (Phi) is 3.70. The van der Waals surface area contributed by atoms with Crippen LogP contribution >= 0.6 is 31.9 Å². The van der Waals surface area contributed by atoms with Crippen LogP contribution in [0, 0.1) is 13.8 Å². The number of hydrogen-bond acceptors (Lipinski definition) is 2. The van der Waals surface area contributed by atoms with Crippen LogP contribution in [0.25, 0.3) is 5.69 Å². The Labute approximate surface area is 117 Å². The number of aryl methyl sites for hydroxylation is 1. The van der Waals surface area contributed by atoms with E-state index in [9.17, 15) is 0 Å². The van der Waals surface area contributed by atoms with Gasteiger partial charge in [0, 0.05) is 11.0 Å². The van der Waals surface area contributed by atoms with Crippen molar-refractivity contribution in [1.29, 1.82) is 0 Å². The zero-order valence-corrected chi connectivity index (χ0v) is 12.8. The largest absolute Gasteiger partial charge is 0.326 e. The first-order valence-corrected chi connectivity index (χ1v) is 6.83. The molecular formula is C12H13Br2N3. The molecule has 1 aromatic heterocycles. The van der Waals surface area contributed by atoms with Crippen LogP contribution in [0.1, 0.15) is 17.0 Å². The summed E-state index contributed by atoms with van der Waals surface area (Å²) in [6.07, 6.45) is 0. The van der Waals surface area contributed by atoms with Crippen LogP contribution in [0.15, 0.2) is 27.1 Å². The van der Waals surface area contributed by atoms with Gasteiger partial charge in [0.1, 0.15) is 0 Å². The second-order valence-electron chi connectivity index (χ2n) is 3.89. The minimum Gasteiger partial charge on any atom is -0.326 e. The summed E-state index contributed by atoms with van der Waals surface area (Å²) >= 11 is 7.09. The Morgan fingerprint density at radius 3 is 2.47 bits per heavy atom. The van der Waals surface area contributed by atoms with Gasteiger partial charge in [0.2, 0.25) is 0 Å². The Morgan fingerprint density at radius 1 is 1.29 bits per heavy atom. The second-order valence-corrected chi connectivity index (χ2v) is 5.53. The van der Waals surface area contributed by atoms with E-state index in [-0.39, 0.29) is 0 Å². The first-order chi connectivity index (χ1) is 8.04. The smallest absolute Gasteiger partial charge is 0.0791 e. The van der Waals surface area contributed by atoms with Crippen molar-refractivity contribution in [2.24, 2.45) is 5.73 Å². The average Bonchev–Trinajstić information content (AvgIpc) is 2.57. The van der Waals surface area contributed by atoms with Gasteiger partial charge in [-0.2, -0.15) is 5.10 Å². The quantitative estimate of drug-likeness (QED) is 0.893. The van der Waals surface area contributed by atoms with Crippen molar-refractivity contribution in [2.75, 3.05) is 0 Å². The van der Waals surface area contributed by atoms with Gasteiger partial charge in [-0.15, -0.1) is 0 Å². The van der Waals surface area contributed by atoms with Gasteiger partial charge in [0.05, 0.1) is 21.5 Å². The lowest BCUT2D eigenvalue weighted by molar-refractivity contribution is 0.828. The molecule has 3 nitrogen and oxygen atoms in total. The molecule has 0 fully saturated rings. The standard InChI is InChI=1S/C12H13Br2N3/c1-7-12(14)8(2)17(16-7)11-4-3-9(6-15)5-10(11)13/h3-5H,6,15H2,1-2H3. The minimum absolute atomic E-state index is 0.541. The third-order valence-corrected chi connectivity index (χ3v) is 4.46. The lowest BCUT2D eigenvalue weighted by atomic mass is 10.2. The van der Waals surface area contributed by atoms with E-state index < -0.39 is 0 Å². The molecule has 0 aliphatic heterocycles. The van der Waals surface area contributed by atoms with Gasteiger partial charge >= 0.3 is 0 Å². The molecule has 2 N–H and O–H groups in total. The lowest BCUT2D eigenvalue weighted by Gasteiger charge is -2.08. The highest BCUT2D eigenvalue weighted by atomic mass is 79.9. The summed E-state index contributed by atoms with van der Waals surface area (Å²) in [4.78, 5) is 0. The van der Waals surface area contributed by atoms with E-state index >= 15 is 0 Å². The van der Waals surface area contributed by atoms with Gasteiger partial charge in [-0.25, -0.2) is 4.68 Å². The van der Waals surface area contributed by atoms with E-state index in [4.69, 9.17) is 5.73 Å². The fourth-order valence-corrected chi connectivity index (χ4v) is 2.55. The van der Waals surface area contributed by atoms with Crippen LogP contribution in [-0.2, 0) is 6.54 Å². The maximum Gasteiger partial charge on any atom is 0.0791 e. The number of benzene rings is 1. The highest BCUT2D eigenvalue weighted by Gasteiger charge is 2.12. The number of nitrogens with two attached hydrogens (primary N) is 1. The third kappa shape index (κ3) is 2.32. The molecule has 90 valence electrons. The summed E-state index contributed by atoms with van der Waals surface area (Å²) < 4.78 is 3.97. The Hall–Kier alpha value is -0.650. The van der Waals surface area contributed by atoms with E-state index in [2.05, 4.69) is 37.0 Å². The van der Waals surface area contributed by atoms with Crippen LogP contribution < -0.4 is 5.73 Å². The second kappa shape index (κ2) is 4.92. The highest BCUT2D eigenvalue weighted by molar-refractivity contribution is 9.11. The van der Waals surface area contributed by atoms with E-state index in [1.807, 2.05) is 36.7 Å². The molecule has 1 heterocycles. The monoisotopic (exact) mass is 357 g/mol. The number of hydrogen-bond donors (Lipinski definition) is 1. The summed E-state index contributed by atoms with van der Waals surface area (Å²) in [5, 5.41) is 4.50. The van der Waals surface area contributed by atoms with Crippen molar-refractivity contribution < 1.29 is 0 Å². The molecule has 5 heteroatoms. The Morgan fingerprint density at radius 2 is 2.00 bits per heavy atom. The van der Waals surface area contributed by atoms with Gasteiger partial charge in [-0.3, -0.25) is 0 Å². The third-order valence-electron chi connectivity index (χ3n) is 2.68. The molecule has 0 spiro atoms. The molecule has 17 heavy (non-hydrogen) atoms. The molecule has 2 rings (SSSR count). The molecule has 0 bridgehead atoms. The SMILES string of the molecule is Cc1nn(-c2ccc(CN)cc2Br)c(C)c1Br. The molecule has 0 amide bonds. The lowest BCUT2D eigenvalue weighted by Crippen LogP contribution is -2.02. The Balaban J connectivity index is 2.57. The van der Waals surface area contributed by atoms with E-state index in [1.165, 1.54) is 0 Å². The molecule has 0 unspecified atom stereocenters. The van der Waals surface area contributed by atoms with Crippen LogP contribution in [0.2, 0.25) is 0 Å². The molecule has 1 aromatic carbocycles. The number of halogens is 2. The maximum atomic E-state index is 5.61. The van der Waals surface area contributed by atoms with Gasteiger partial charge < -0.3 is 5.73 Å². The van der Waals surface area contributed by atoms with Crippen molar-refractivity contribution >= 4 is 31.9 Å². The van der Waals surface area contributed by atoms with Crippen molar-refractivity contribution in [3.63, 3.8) is 0 Å². The predicted octanol–water partition coefficient (Wildman–Crippen LogP) is 3.47. The van der Waals surface area contributed by atoms with Crippen molar-refractivity contribution in [3.8, 4) is 5.69 Å². The van der Waals surface area contributed by atoms with Crippen molar-refractivity contribution in [1.82, 2.24) is 9.78 Å². The van der Waals surface area contributed by atoms with Gasteiger partial charge in [-0.1, -0.05) is 6.07 Å². The molecule has 0 saturated carbocycles. The van der Waals surface area contributed by atoms with E-state index in [0.29, 0.717) is 6.54 Å². The zero-order valence-electron chi connectivity index (χ0n) is 9.67. The highest BCUT2D eigenvalue weighted by Crippen LogP contribution is 2.27. The van der Waals surface area contributed by atoms with E-state index in [1.54, 1.807) is 0 Å². The predicted molar refractivity (Wildman–Crippen MR) is 76.3 cm³/mol. The fraction of sp³-hybridized carbons (Fsp3) is 0.250. The fourth-order valence-electron chi connectivity index (χ4n) is 1.71. The first kappa shape index (κ1) is 12.8. The number of nitrogens with zero attached hydrogens (tertiary/aromatic N) is 2. The first-order valence-electron chi connectivity index (χ1n) is 5.25. The molecular weight excluding hydrogens is 346 g/mol. The van der Waals surface area contributed by atoms with Crippen LogP contribution in [0.4, 0.5) is 0 Å². The van der Waals surface area contributed by atoms with E-state index in [0.717, 1.165) is 31.6 Å². The van der Waals surface area contributed by atoms with Crippen molar-refractivity contribution in [3.05, 3.63) is 44.1 Å². The molecule has 0 atom stereocenters. The summed E-state index contributed by atoms with van der Waals surface area (Å²) in [6.45, 7) is 4.56. The summed E-state index contributed by atoms with van der Waals surface area (Å²) in [5.74, 6) is 0. The van der Waals surface area contributed by atoms with Crippen LogP contribution in [0.5, 0.6) is 0 Å². The molecule has 0 aliphatic carbocycles. The average molecular weight is 359 g/mol.